The summed E-state index contributed by atoms with van der Waals surface area (Å²) in [6.45, 7) is 4.39. The molecule has 0 atom stereocenters. The lowest BCUT2D eigenvalue weighted by Crippen LogP contribution is -2.28. The van der Waals surface area contributed by atoms with Crippen LogP contribution in [0.1, 0.15) is 29.3 Å². The van der Waals surface area contributed by atoms with E-state index in [0.717, 1.165) is 5.56 Å². The molecule has 2 aromatic carbocycles. The molecule has 0 spiro atoms. The lowest BCUT2D eigenvalue weighted by molar-refractivity contribution is -0.114. The Hall–Kier alpha value is -2.89. The van der Waals surface area contributed by atoms with E-state index in [9.17, 15) is 14.0 Å². The number of benzene rings is 2. The number of hydrogen-bond acceptors (Lipinski definition) is 3. The Bertz CT molecular complexity index is 792. The molecule has 26 heavy (non-hydrogen) atoms. The zero-order chi connectivity index (χ0) is 19.1. The van der Waals surface area contributed by atoms with Gasteiger partial charge >= 0.3 is 0 Å². The van der Waals surface area contributed by atoms with E-state index >= 15 is 0 Å². The van der Waals surface area contributed by atoms with Crippen molar-refractivity contribution < 1.29 is 14.0 Å². The van der Waals surface area contributed by atoms with Crippen LogP contribution in [0.4, 0.5) is 15.8 Å². The van der Waals surface area contributed by atoms with Gasteiger partial charge in [0.15, 0.2) is 0 Å². The highest BCUT2D eigenvalue weighted by Crippen LogP contribution is 2.18. The highest BCUT2D eigenvalue weighted by molar-refractivity contribution is 5.97. The monoisotopic (exact) mass is 357 g/mol. The Morgan fingerprint density at radius 3 is 2.58 bits per heavy atom. The zero-order valence-corrected chi connectivity index (χ0v) is 15.3. The number of carbonyl (C=O) groups excluding carboxylic acids is 2. The molecule has 5 nitrogen and oxygen atoms in total. The quantitative estimate of drug-likeness (QED) is 0.747. The molecule has 0 saturated carbocycles. The molecule has 0 radical (unpaired) electrons. The molecule has 0 aliphatic heterocycles. The summed E-state index contributed by atoms with van der Waals surface area (Å²) in [6, 6.07) is 11.8. The fourth-order valence-electron chi connectivity index (χ4n) is 2.59. The van der Waals surface area contributed by atoms with E-state index in [1.54, 1.807) is 36.4 Å². The average Bonchev–Trinajstić information content (AvgIpc) is 2.60. The van der Waals surface area contributed by atoms with Gasteiger partial charge in [-0.2, -0.15) is 0 Å². The average molecular weight is 357 g/mol. The van der Waals surface area contributed by atoms with Gasteiger partial charge in [-0.1, -0.05) is 18.2 Å². The number of anilines is 2. The molecule has 2 rings (SSSR count). The number of aryl methyl sites for hydroxylation is 1. The highest BCUT2D eigenvalue weighted by atomic mass is 19.1. The smallest absolute Gasteiger partial charge is 0.251 e. The van der Waals surface area contributed by atoms with E-state index in [0.29, 0.717) is 36.4 Å². The zero-order valence-electron chi connectivity index (χ0n) is 15.3. The van der Waals surface area contributed by atoms with Crippen LogP contribution < -0.4 is 15.5 Å². The second kappa shape index (κ2) is 8.99. The Morgan fingerprint density at radius 2 is 1.88 bits per heavy atom. The Labute approximate surface area is 153 Å². The molecule has 2 aromatic rings. The van der Waals surface area contributed by atoms with Gasteiger partial charge in [0.1, 0.15) is 5.82 Å². The maximum atomic E-state index is 13.7. The van der Waals surface area contributed by atoms with Crippen molar-refractivity contribution in [2.45, 2.75) is 20.3 Å². The maximum absolute atomic E-state index is 13.7. The molecule has 0 unspecified atom stereocenters. The van der Waals surface area contributed by atoms with Gasteiger partial charge in [0, 0.05) is 38.3 Å². The molecule has 138 valence electrons. The van der Waals surface area contributed by atoms with Crippen LogP contribution in [0.25, 0.3) is 0 Å². The van der Waals surface area contributed by atoms with E-state index in [1.165, 1.54) is 13.0 Å². The fourth-order valence-corrected chi connectivity index (χ4v) is 2.59. The number of hydrogen-bond donors (Lipinski definition) is 2. The number of amides is 2. The molecule has 0 aliphatic carbocycles. The molecule has 2 N–H and O–H groups in total. The molecule has 0 heterocycles. The second-order valence-electron chi connectivity index (χ2n) is 6.19. The van der Waals surface area contributed by atoms with Crippen LogP contribution in [-0.2, 0) is 4.79 Å². The number of halogens is 1. The molecule has 0 fully saturated rings. The Morgan fingerprint density at radius 1 is 1.15 bits per heavy atom. The third kappa shape index (κ3) is 5.31. The maximum Gasteiger partial charge on any atom is 0.251 e. The minimum atomic E-state index is -0.260. The van der Waals surface area contributed by atoms with Crippen LogP contribution in [-0.4, -0.2) is 32.0 Å². The standard InChI is InChI=1S/C20H24FN3O2/c1-14-9-10-16(13-18(14)23-15(2)25)20(26)22-11-6-12-24(3)19-8-5-4-7-17(19)21/h4-5,7-10,13H,6,11-12H2,1-3H3,(H,22,26)(H,23,25). The van der Waals surface area contributed by atoms with Crippen molar-refractivity contribution in [3.8, 4) is 0 Å². The minimum absolute atomic E-state index is 0.179. The minimum Gasteiger partial charge on any atom is -0.372 e. The summed E-state index contributed by atoms with van der Waals surface area (Å²) in [5.74, 6) is -0.642. The van der Waals surface area contributed by atoms with Crippen LogP contribution in [0.5, 0.6) is 0 Å². The largest absolute Gasteiger partial charge is 0.372 e. The van der Waals surface area contributed by atoms with E-state index < -0.39 is 0 Å². The number of nitrogens with zero attached hydrogens (tertiary/aromatic N) is 1. The summed E-state index contributed by atoms with van der Waals surface area (Å²) in [5.41, 5.74) is 2.55. The van der Waals surface area contributed by atoms with Crippen LogP contribution >= 0.6 is 0 Å². The summed E-state index contributed by atoms with van der Waals surface area (Å²) in [6.07, 6.45) is 0.682. The highest BCUT2D eigenvalue weighted by Gasteiger charge is 2.10. The van der Waals surface area contributed by atoms with Gasteiger partial charge in [-0.25, -0.2) is 4.39 Å². The third-order valence-corrected chi connectivity index (χ3v) is 4.03. The van der Waals surface area contributed by atoms with Crippen molar-refractivity contribution in [2.24, 2.45) is 0 Å². The molecule has 2 amide bonds. The number of carbonyl (C=O) groups is 2. The van der Waals surface area contributed by atoms with Crippen molar-refractivity contribution in [2.75, 3.05) is 30.4 Å². The van der Waals surface area contributed by atoms with Gasteiger partial charge in [-0.3, -0.25) is 9.59 Å². The predicted octanol–water partition coefficient (Wildman–Crippen LogP) is 3.35. The summed E-state index contributed by atoms with van der Waals surface area (Å²) in [7, 11) is 1.82. The van der Waals surface area contributed by atoms with Gasteiger partial charge in [0.25, 0.3) is 5.91 Å². The fraction of sp³-hybridized carbons (Fsp3) is 0.300. The van der Waals surface area contributed by atoms with Crippen LogP contribution in [0.2, 0.25) is 0 Å². The van der Waals surface area contributed by atoms with E-state index in [-0.39, 0.29) is 17.6 Å². The van der Waals surface area contributed by atoms with Crippen LogP contribution in [0.15, 0.2) is 42.5 Å². The van der Waals surface area contributed by atoms with Crippen molar-refractivity contribution in [3.63, 3.8) is 0 Å². The molecule has 0 saturated heterocycles. The molecule has 0 bridgehead atoms. The van der Waals surface area contributed by atoms with Gasteiger partial charge in [0.05, 0.1) is 5.69 Å². The molecular formula is C20H24FN3O2. The first-order chi connectivity index (χ1) is 12.4. The van der Waals surface area contributed by atoms with Crippen molar-refractivity contribution in [3.05, 3.63) is 59.4 Å². The predicted molar refractivity (Wildman–Crippen MR) is 102 cm³/mol. The number of nitrogens with one attached hydrogen (secondary N) is 2. The SMILES string of the molecule is CC(=O)Nc1cc(C(=O)NCCCN(C)c2ccccc2F)ccc1C. The number of rotatable bonds is 7. The summed E-state index contributed by atoms with van der Waals surface area (Å²) >= 11 is 0. The first-order valence-corrected chi connectivity index (χ1v) is 8.50. The van der Waals surface area contributed by atoms with Crippen LogP contribution in [0.3, 0.4) is 0 Å². The summed E-state index contributed by atoms with van der Waals surface area (Å²) in [5, 5.41) is 5.56. The van der Waals surface area contributed by atoms with Gasteiger partial charge in [-0.15, -0.1) is 0 Å². The summed E-state index contributed by atoms with van der Waals surface area (Å²) in [4.78, 5) is 25.3. The summed E-state index contributed by atoms with van der Waals surface area (Å²) < 4.78 is 13.7. The number of para-hydroxylation sites is 1. The molecule has 0 aromatic heterocycles. The first-order valence-electron chi connectivity index (χ1n) is 8.50. The molecule has 6 heteroatoms. The van der Waals surface area contributed by atoms with Gasteiger partial charge in [-0.05, 0) is 43.2 Å². The third-order valence-electron chi connectivity index (χ3n) is 4.03. The van der Waals surface area contributed by atoms with Crippen molar-refractivity contribution in [1.29, 1.82) is 0 Å². The van der Waals surface area contributed by atoms with Gasteiger partial charge < -0.3 is 15.5 Å². The Kier molecular flexibility index (Phi) is 6.72. The first kappa shape index (κ1) is 19.4. The lowest BCUT2D eigenvalue weighted by Gasteiger charge is -2.19. The van der Waals surface area contributed by atoms with E-state index in [1.807, 2.05) is 18.9 Å². The molecular weight excluding hydrogens is 333 g/mol. The van der Waals surface area contributed by atoms with Crippen LogP contribution in [0, 0.1) is 12.7 Å². The van der Waals surface area contributed by atoms with Crippen molar-refractivity contribution >= 4 is 23.2 Å². The lowest BCUT2D eigenvalue weighted by atomic mass is 10.1. The van der Waals surface area contributed by atoms with Gasteiger partial charge in [0.2, 0.25) is 5.91 Å². The topological polar surface area (TPSA) is 61.4 Å². The van der Waals surface area contributed by atoms with Crippen molar-refractivity contribution in [1.82, 2.24) is 5.32 Å². The van der Waals surface area contributed by atoms with E-state index in [2.05, 4.69) is 10.6 Å². The van der Waals surface area contributed by atoms with E-state index in [4.69, 9.17) is 0 Å². The molecule has 0 aliphatic rings. The normalized spacial score (nSPS) is 10.3. The second-order valence-corrected chi connectivity index (χ2v) is 6.19. The Balaban J connectivity index is 1.85.